The monoisotopic (exact) mass is 399 g/mol. The van der Waals surface area contributed by atoms with Crippen LogP contribution < -0.4 is 5.32 Å². The third kappa shape index (κ3) is 3.99. The van der Waals surface area contributed by atoms with Crippen molar-refractivity contribution in [2.24, 2.45) is 5.92 Å². The topological polar surface area (TPSA) is 79.4 Å². The Hall–Kier alpha value is -2.54. The van der Waals surface area contributed by atoms with E-state index in [1.54, 1.807) is 35.6 Å². The molecule has 0 saturated carbocycles. The lowest BCUT2D eigenvalue weighted by molar-refractivity contribution is -0.125. The minimum absolute atomic E-state index is 0.159. The number of fused-ring (bicyclic) bond motifs is 1. The number of hydrogen-bond acceptors (Lipinski definition) is 5. The molecule has 2 aromatic rings. The fourth-order valence-electron chi connectivity index (χ4n) is 3.49. The largest absolute Gasteiger partial charge is 0.354 e. The van der Waals surface area contributed by atoms with Crippen LogP contribution in [0.3, 0.4) is 0 Å². The molecule has 2 heterocycles. The van der Waals surface area contributed by atoms with E-state index < -0.39 is 17.9 Å². The summed E-state index contributed by atoms with van der Waals surface area (Å²) in [7, 11) is 0. The Morgan fingerprint density at radius 1 is 1.14 bits per heavy atom. The Balaban J connectivity index is 1.73. The number of carbonyl (C=O) groups is 3. The van der Waals surface area contributed by atoms with Crippen molar-refractivity contribution in [1.82, 2.24) is 15.2 Å². The zero-order chi connectivity index (χ0) is 20.4. The van der Waals surface area contributed by atoms with Crippen LogP contribution in [0.2, 0.25) is 0 Å². The van der Waals surface area contributed by atoms with Crippen molar-refractivity contribution < 1.29 is 14.4 Å². The van der Waals surface area contributed by atoms with Crippen molar-refractivity contribution in [2.75, 3.05) is 6.54 Å². The number of hydrogen-bond donors (Lipinski definition) is 1. The van der Waals surface area contributed by atoms with Gasteiger partial charge in [-0.1, -0.05) is 26.0 Å². The van der Waals surface area contributed by atoms with Crippen molar-refractivity contribution in [3.8, 4) is 0 Å². The van der Waals surface area contributed by atoms with E-state index in [0.29, 0.717) is 30.5 Å². The Morgan fingerprint density at radius 2 is 1.75 bits per heavy atom. The predicted octanol–water partition coefficient (Wildman–Crippen LogP) is 3.13. The standard InChI is InChI=1S/C21H25N3O3S/c1-12(2)11-17(19(25)22-10-9-18-13(3)23-14(4)28-18)24-20(26)15-7-5-6-8-16(15)21(24)27/h5-8,12,17H,9-11H2,1-4H3,(H,22,25). The summed E-state index contributed by atoms with van der Waals surface area (Å²) in [4.78, 5) is 45.2. The Bertz CT molecular complexity index is 884. The van der Waals surface area contributed by atoms with Gasteiger partial charge in [0, 0.05) is 17.8 Å². The molecule has 0 radical (unpaired) electrons. The van der Waals surface area contributed by atoms with E-state index in [9.17, 15) is 14.4 Å². The summed E-state index contributed by atoms with van der Waals surface area (Å²) >= 11 is 1.62. The normalized spacial score (nSPS) is 14.5. The summed E-state index contributed by atoms with van der Waals surface area (Å²) in [5.74, 6) is -0.917. The van der Waals surface area contributed by atoms with E-state index in [4.69, 9.17) is 0 Å². The van der Waals surface area contributed by atoms with Gasteiger partial charge in [-0.25, -0.2) is 4.98 Å². The summed E-state index contributed by atoms with van der Waals surface area (Å²) in [6.07, 6.45) is 1.11. The lowest BCUT2D eigenvalue weighted by atomic mass is 10.0. The molecule has 0 spiro atoms. The molecule has 148 valence electrons. The number of aryl methyl sites for hydroxylation is 2. The third-order valence-electron chi connectivity index (χ3n) is 4.79. The number of nitrogens with one attached hydrogen (secondary N) is 1. The molecule has 1 aromatic heterocycles. The maximum Gasteiger partial charge on any atom is 0.262 e. The highest BCUT2D eigenvalue weighted by molar-refractivity contribution is 7.11. The lowest BCUT2D eigenvalue weighted by Gasteiger charge is -2.26. The van der Waals surface area contributed by atoms with Crippen molar-refractivity contribution in [3.05, 3.63) is 51.0 Å². The molecule has 6 nitrogen and oxygen atoms in total. The molecule has 1 aliphatic rings. The first-order valence-corrected chi connectivity index (χ1v) is 10.3. The fourth-order valence-corrected chi connectivity index (χ4v) is 4.43. The van der Waals surface area contributed by atoms with Crippen molar-refractivity contribution in [1.29, 1.82) is 0 Å². The number of benzene rings is 1. The molecule has 1 aliphatic heterocycles. The molecular formula is C21H25N3O3S. The summed E-state index contributed by atoms with van der Waals surface area (Å²) in [5.41, 5.74) is 1.71. The zero-order valence-electron chi connectivity index (χ0n) is 16.6. The van der Waals surface area contributed by atoms with Crippen molar-refractivity contribution >= 4 is 29.1 Å². The lowest BCUT2D eigenvalue weighted by Crippen LogP contribution is -2.50. The molecule has 3 amide bonds. The highest BCUT2D eigenvalue weighted by Gasteiger charge is 2.42. The van der Waals surface area contributed by atoms with E-state index in [1.165, 1.54) is 0 Å². The molecule has 7 heteroatoms. The molecule has 28 heavy (non-hydrogen) atoms. The van der Waals surface area contributed by atoms with Gasteiger partial charge in [0.15, 0.2) is 0 Å². The third-order valence-corrected chi connectivity index (χ3v) is 5.92. The molecule has 0 fully saturated rings. The fraction of sp³-hybridized carbons (Fsp3) is 0.429. The summed E-state index contributed by atoms with van der Waals surface area (Å²) < 4.78 is 0. The number of aromatic nitrogens is 1. The smallest absolute Gasteiger partial charge is 0.262 e. The molecule has 0 bridgehead atoms. The summed E-state index contributed by atoms with van der Waals surface area (Å²) in [6, 6.07) is 5.91. The van der Waals surface area contributed by atoms with E-state index in [-0.39, 0.29) is 11.8 Å². The Labute approximate surface area is 169 Å². The van der Waals surface area contributed by atoms with E-state index >= 15 is 0 Å². The zero-order valence-corrected chi connectivity index (χ0v) is 17.4. The maximum atomic E-state index is 12.9. The Morgan fingerprint density at radius 3 is 2.25 bits per heavy atom. The number of amides is 3. The van der Waals surface area contributed by atoms with Gasteiger partial charge in [0.05, 0.1) is 21.8 Å². The molecule has 0 aliphatic carbocycles. The highest BCUT2D eigenvalue weighted by atomic mass is 32.1. The molecule has 1 N–H and O–H groups in total. The second-order valence-electron chi connectivity index (χ2n) is 7.45. The van der Waals surface area contributed by atoms with Crippen LogP contribution in [0.1, 0.15) is 56.6 Å². The number of carbonyl (C=O) groups excluding carboxylic acids is 3. The Kier molecular flexibility index (Phi) is 5.93. The van der Waals surface area contributed by atoms with Gasteiger partial charge in [-0.2, -0.15) is 0 Å². The van der Waals surface area contributed by atoms with Crippen molar-refractivity contribution in [3.63, 3.8) is 0 Å². The minimum Gasteiger partial charge on any atom is -0.354 e. The number of imide groups is 1. The molecule has 1 unspecified atom stereocenters. The second-order valence-corrected chi connectivity index (χ2v) is 8.74. The summed E-state index contributed by atoms with van der Waals surface area (Å²) in [5, 5.41) is 3.91. The van der Waals surface area contributed by atoms with Gasteiger partial charge in [-0.05, 0) is 38.3 Å². The first-order valence-electron chi connectivity index (χ1n) is 9.47. The SMILES string of the molecule is Cc1nc(C)c(CCNC(=O)C(CC(C)C)N2C(=O)c3ccccc3C2=O)s1. The first-order chi connectivity index (χ1) is 13.3. The summed E-state index contributed by atoms with van der Waals surface area (Å²) in [6.45, 7) is 8.31. The average Bonchev–Trinajstić information content (AvgIpc) is 3.09. The first kappa shape index (κ1) is 20.2. The maximum absolute atomic E-state index is 12.9. The number of nitrogens with zero attached hydrogens (tertiary/aromatic N) is 2. The van der Waals surface area contributed by atoms with Gasteiger partial charge in [-0.15, -0.1) is 11.3 Å². The van der Waals surface area contributed by atoms with Crippen LogP contribution in [0.15, 0.2) is 24.3 Å². The van der Waals surface area contributed by atoms with E-state index in [0.717, 1.165) is 20.5 Å². The van der Waals surface area contributed by atoms with Gasteiger partial charge >= 0.3 is 0 Å². The predicted molar refractivity (Wildman–Crippen MR) is 108 cm³/mol. The van der Waals surface area contributed by atoms with Crippen LogP contribution in [-0.4, -0.2) is 40.2 Å². The molecule has 3 rings (SSSR count). The molecule has 1 aromatic carbocycles. The quantitative estimate of drug-likeness (QED) is 0.726. The average molecular weight is 400 g/mol. The van der Waals surface area contributed by atoms with Crippen LogP contribution in [0.25, 0.3) is 0 Å². The van der Waals surface area contributed by atoms with Gasteiger partial charge in [0.25, 0.3) is 11.8 Å². The second kappa shape index (κ2) is 8.22. The van der Waals surface area contributed by atoms with Crippen LogP contribution in [0, 0.1) is 19.8 Å². The van der Waals surface area contributed by atoms with E-state index in [2.05, 4.69) is 10.3 Å². The van der Waals surface area contributed by atoms with Gasteiger partial charge in [0.1, 0.15) is 6.04 Å². The minimum atomic E-state index is -0.809. The highest BCUT2D eigenvalue weighted by Crippen LogP contribution is 2.27. The van der Waals surface area contributed by atoms with Gasteiger partial charge in [0.2, 0.25) is 5.91 Å². The van der Waals surface area contributed by atoms with Crippen molar-refractivity contribution in [2.45, 2.75) is 46.6 Å². The van der Waals surface area contributed by atoms with Gasteiger partial charge in [-0.3, -0.25) is 19.3 Å². The molecule has 1 atom stereocenters. The molecular weight excluding hydrogens is 374 g/mol. The molecule has 0 saturated heterocycles. The van der Waals surface area contributed by atoms with Gasteiger partial charge < -0.3 is 5.32 Å². The number of rotatable bonds is 7. The van der Waals surface area contributed by atoms with Crippen LogP contribution in [-0.2, 0) is 11.2 Å². The van der Waals surface area contributed by atoms with Crippen LogP contribution >= 0.6 is 11.3 Å². The van der Waals surface area contributed by atoms with Crippen LogP contribution in [0.5, 0.6) is 0 Å². The van der Waals surface area contributed by atoms with E-state index in [1.807, 2.05) is 27.7 Å². The van der Waals surface area contributed by atoms with Crippen LogP contribution in [0.4, 0.5) is 0 Å². The number of thiazole rings is 1.